The Morgan fingerprint density at radius 1 is 0.375 bits per heavy atom. The number of aromatic nitrogens is 4. The lowest BCUT2D eigenvalue weighted by atomic mass is 10.0. The maximum absolute atomic E-state index is 5.22. The van der Waals surface area contributed by atoms with E-state index < -0.39 is 0 Å². The fourth-order valence-electron chi connectivity index (χ4n) is 8.04. The molecule has 11 aromatic rings. The monoisotopic (exact) mass is 610 g/mol. The zero-order valence-electron chi connectivity index (χ0n) is 25.8. The molecule has 0 unspecified atom stereocenters. The standard InChI is InChI=1S/C44H26N4/c1-2-12-27(13-3-1)42-43(46-35-20-7-6-19-34(35)45-42)28-14-10-15-29(26-28)47-38-23-11-18-32-30-16-4-8-21-36(30)48-37-22-9-5-17-31(37)33-24-25-39(47)41(40(32)38)44(33)48/h1-26H. The van der Waals surface area contributed by atoms with Crippen LogP contribution in [0.25, 0.3) is 99.1 Å². The van der Waals surface area contributed by atoms with E-state index in [1.54, 1.807) is 0 Å². The molecule has 11 rings (SSSR count). The number of hydrogen-bond donors (Lipinski definition) is 0. The average molecular weight is 611 g/mol. The highest BCUT2D eigenvalue weighted by molar-refractivity contribution is 6.33. The Kier molecular flexibility index (Phi) is 5.08. The van der Waals surface area contributed by atoms with E-state index in [-0.39, 0.29) is 0 Å². The van der Waals surface area contributed by atoms with Gasteiger partial charge in [-0.05, 0) is 53.9 Å². The summed E-state index contributed by atoms with van der Waals surface area (Å²) in [6.45, 7) is 0. The Balaban J connectivity index is 1.26. The molecule has 0 radical (unpaired) electrons. The van der Waals surface area contributed by atoms with E-state index in [4.69, 9.17) is 9.97 Å². The molecule has 0 aliphatic carbocycles. The van der Waals surface area contributed by atoms with Gasteiger partial charge in [-0.2, -0.15) is 0 Å². The Morgan fingerprint density at radius 2 is 0.938 bits per heavy atom. The maximum atomic E-state index is 5.22. The second-order valence-corrected chi connectivity index (χ2v) is 12.6. The van der Waals surface area contributed by atoms with Gasteiger partial charge in [0.15, 0.2) is 0 Å². The first-order valence-corrected chi connectivity index (χ1v) is 16.4. The van der Waals surface area contributed by atoms with E-state index in [0.29, 0.717) is 0 Å². The van der Waals surface area contributed by atoms with Gasteiger partial charge in [-0.15, -0.1) is 0 Å². The summed E-state index contributed by atoms with van der Waals surface area (Å²) >= 11 is 0. The van der Waals surface area contributed by atoms with Crippen LogP contribution in [0.3, 0.4) is 0 Å². The van der Waals surface area contributed by atoms with Crippen molar-refractivity contribution in [3.63, 3.8) is 0 Å². The number of benzene rings is 7. The summed E-state index contributed by atoms with van der Waals surface area (Å²) < 4.78 is 4.92. The van der Waals surface area contributed by atoms with Crippen LogP contribution in [0.4, 0.5) is 0 Å². The smallest absolute Gasteiger partial charge is 0.0973 e. The van der Waals surface area contributed by atoms with Gasteiger partial charge in [-0.1, -0.05) is 109 Å². The molecule has 4 heteroatoms. The minimum Gasteiger partial charge on any atom is -0.309 e. The molecule has 0 saturated heterocycles. The highest BCUT2D eigenvalue weighted by Gasteiger charge is 2.23. The van der Waals surface area contributed by atoms with Gasteiger partial charge in [0, 0.05) is 43.7 Å². The topological polar surface area (TPSA) is 35.1 Å². The van der Waals surface area contributed by atoms with E-state index in [1.165, 1.54) is 59.9 Å². The first kappa shape index (κ1) is 25.6. The molecule has 222 valence electrons. The Morgan fingerprint density at radius 3 is 1.71 bits per heavy atom. The van der Waals surface area contributed by atoms with Crippen molar-refractivity contribution >= 4 is 70.9 Å². The Labute approximate surface area is 275 Å². The lowest BCUT2D eigenvalue weighted by Crippen LogP contribution is -1.98. The molecular weight excluding hydrogens is 585 g/mol. The minimum atomic E-state index is 0.876. The molecule has 48 heavy (non-hydrogen) atoms. The lowest BCUT2D eigenvalue weighted by molar-refractivity contribution is 1.18. The summed E-state index contributed by atoms with van der Waals surface area (Å²) in [5.74, 6) is 0. The molecule has 4 nitrogen and oxygen atoms in total. The van der Waals surface area contributed by atoms with Crippen LogP contribution in [0.1, 0.15) is 0 Å². The Bertz CT molecular complexity index is 3060. The molecule has 4 heterocycles. The molecule has 0 saturated carbocycles. The Hall–Kier alpha value is -6.52. The molecule has 0 aliphatic heterocycles. The first-order valence-electron chi connectivity index (χ1n) is 16.4. The summed E-state index contributed by atoms with van der Waals surface area (Å²) in [5.41, 5.74) is 12.8. The zero-order valence-corrected chi connectivity index (χ0v) is 25.8. The number of hydrogen-bond acceptors (Lipinski definition) is 2. The largest absolute Gasteiger partial charge is 0.309 e. The molecule has 0 aliphatic rings. The molecule has 0 atom stereocenters. The summed E-state index contributed by atoms with van der Waals surface area (Å²) in [4.78, 5) is 10.4. The van der Waals surface area contributed by atoms with E-state index in [0.717, 1.165) is 39.2 Å². The van der Waals surface area contributed by atoms with Crippen LogP contribution in [0.5, 0.6) is 0 Å². The van der Waals surface area contributed by atoms with Gasteiger partial charge >= 0.3 is 0 Å². The van der Waals surface area contributed by atoms with Crippen LogP contribution < -0.4 is 0 Å². The van der Waals surface area contributed by atoms with Crippen molar-refractivity contribution in [3.8, 4) is 28.2 Å². The number of nitrogens with zero attached hydrogens (tertiary/aromatic N) is 4. The van der Waals surface area contributed by atoms with Crippen molar-refractivity contribution in [2.75, 3.05) is 0 Å². The number of para-hydroxylation sites is 4. The van der Waals surface area contributed by atoms with Gasteiger partial charge in [0.05, 0.1) is 50.0 Å². The van der Waals surface area contributed by atoms with Gasteiger partial charge in [-0.25, -0.2) is 9.97 Å². The number of fused-ring (bicyclic) bond motifs is 7. The molecular formula is C44H26N4. The molecule has 0 bridgehead atoms. The summed E-state index contributed by atoms with van der Waals surface area (Å²) in [6.07, 6.45) is 0. The van der Waals surface area contributed by atoms with E-state index in [2.05, 4.69) is 136 Å². The van der Waals surface area contributed by atoms with Crippen molar-refractivity contribution in [2.24, 2.45) is 0 Å². The van der Waals surface area contributed by atoms with Crippen molar-refractivity contribution in [1.82, 2.24) is 18.9 Å². The maximum Gasteiger partial charge on any atom is 0.0973 e. The van der Waals surface area contributed by atoms with Crippen LogP contribution in [-0.2, 0) is 0 Å². The second-order valence-electron chi connectivity index (χ2n) is 12.6. The highest BCUT2D eigenvalue weighted by Crippen LogP contribution is 2.45. The van der Waals surface area contributed by atoms with Gasteiger partial charge in [0.25, 0.3) is 0 Å². The van der Waals surface area contributed by atoms with Crippen molar-refractivity contribution < 1.29 is 0 Å². The molecule has 7 aromatic carbocycles. The van der Waals surface area contributed by atoms with Gasteiger partial charge in [0.2, 0.25) is 0 Å². The summed E-state index contributed by atoms with van der Waals surface area (Å²) in [5, 5.41) is 7.62. The van der Waals surface area contributed by atoms with Gasteiger partial charge in [-0.3, -0.25) is 0 Å². The van der Waals surface area contributed by atoms with Crippen LogP contribution in [0, 0.1) is 0 Å². The zero-order chi connectivity index (χ0) is 31.3. The molecule has 0 spiro atoms. The predicted molar refractivity (Wildman–Crippen MR) is 199 cm³/mol. The van der Waals surface area contributed by atoms with E-state index in [1.807, 2.05) is 30.3 Å². The SMILES string of the molecule is c1ccc(-c2nc3ccccc3nc2-c2cccc(-n3c4cccc5c6ccccc6n6c7ccccc7c7ccc3c(c54)c76)c2)cc1. The summed E-state index contributed by atoms with van der Waals surface area (Å²) in [7, 11) is 0. The van der Waals surface area contributed by atoms with Gasteiger partial charge in [0.1, 0.15) is 0 Å². The average Bonchev–Trinajstić information content (AvgIpc) is 3.63. The molecule has 4 aromatic heterocycles. The quantitative estimate of drug-likeness (QED) is 0.199. The lowest BCUT2D eigenvalue weighted by Gasteiger charge is -2.13. The highest BCUT2D eigenvalue weighted by atomic mass is 15.0. The molecule has 0 amide bonds. The normalized spacial score (nSPS) is 12.2. The minimum absolute atomic E-state index is 0.876. The van der Waals surface area contributed by atoms with Crippen molar-refractivity contribution in [1.29, 1.82) is 0 Å². The number of rotatable bonds is 3. The summed E-state index contributed by atoms with van der Waals surface area (Å²) in [6, 6.07) is 56.3. The van der Waals surface area contributed by atoms with E-state index in [9.17, 15) is 0 Å². The second kappa shape index (κ2) is 9.50. The van der Waals surface area contributed by atoms with E-state index >= 15 is 0 Å². The third-order valence-corrected chi connectivity index (χ3v) is 10.0. The molecule has 0 fully saturated rings. The van der Waals surface area contributed by atoms with Crippen LogP contribution in [-0.4, -0.2) is 18.9 Å². The molecule has 0 N–H and O–H groups in total. The third kappa shape index (κ3) is 3.38. The predicted octanol–water partition coefficient (Wildman–Crippen LogP) is 11.2. The fourth-order valence-corrected chi connectivity index (χ4v) is 8.04. The third-order valence-electron chi connectivity index (χ3n) is 10.0. The first-order chi connectivity index (χ1) is 23.8. The fraction of sp³-hybridized carbons (Fsp3) is 0. The van der Waals surface area contributed by atoms with Gasteiger partial charge < -0.3 is 8.97 Å². The van der Waals surface area contributed by atoms with Crippen LogP contribution in [0.15, 0.2) is 158 Å². The van der Waals surface area contributed by atoms with Crippen molar-refractivity contribution in [2.45, 2.75) is 0 Å². The van der Waals surface area contributed by atoms with Crippen molar-refractivity contribution in [3.05, 3.63) is 158 Å². The van der Waals surface area contributed by atoms with Crippen LogP contribution >= 0.6 is 0 Å². The van der Waals surface area contributed by atoms with Crippen LogP contribution in [0.2, 0.25) is 0 Å².